The maximum Gasteiger partial charge on any atom is 0.223 e. The fraction of sp³-hybridized carbons (Fsp3) is 0.611. The van der Waals surface area contributed by atoms with E-state index in [1.165, 1.54) is 19.3 Å². The molecule has 2 atom stereocenters. The molecule has 3 rings (SSSR count). The van der Waals surface area contributed by atoms with Crippen LogP contribution < -0.4 is 10.5 Å². The maximum absolute atomic E-state index is 12.7. The highest BCUT2D eigenvalue weighted by molar-refractivity contribution is 5.78. The fourth-order valence-electron chi connectivity index (χ4n) is 4.02. The minimum Gasteiger partial charge on any atom is -0.496 e. The Morgan fingerprint density at radius 2 is 1.86 bits per heavy atom. The van der Waals surface area contributed by atoms with E-state index < -0.39 is 0 Å². The average Bonchev–Trinajstić information content (AvgIpc) is 2.57. The summed E-state index contributed by atoms with van der Waals surface area (Å²) in [5.41, 5.74) is 7.50. The van der Waals surface area contributed by atoms with Gasteiger partial charge in [-0.2, -0.15) is 0 Å². The van der Waals surface area contributed by atoms with Crippen molar-refractivity contribution < 1.29 is 9.53 Å². The number of amides is 1. The first kappa shape index (κ1) is 15.3. The first-order valence-electron chi connectivity index (χ1n) is 8.42. The number of methoxy groups -OCH3 is 1. The van der Waals surface area contributed by atoms with Gasteiger partial charge >= 0.3 is 0 Å². The van der Waals surface area contributed by atoms with Crippen molar-refractivity contribution in [2.75, 3.05) is 7.11 Å². The van der Waals surface area contributed by atoms with E-state index in [2.05, 4.69) is 11.0 Å². The van der Waals surface area contributed by atoms with Crippen LogP contribution >= 0.6 is 0 Å². The summed E-state index contributed by atoms with van der Waals surface area (Å²) in [7, 11) is 1.68. The number of piperidine rings is 1. The topological polar surface area (TPSA) is 55.6 Å². The Balaban J connectivity index is 1.97. The number of para-hydroxylation sites is 1. The molecule has 2 N–H and O–H groups in total. The zero-order valence-electron chi connectivity index (χ0n) is 13.3. The van der Waals surface area contributed by atoms with Crippen LogP contribution in [0.15, 0.2) is 24.3 Å². The summed E-state index contributed by atoms with van der Waals surface area (Å²) in [6, 6.07) is 8.24. The fourth-order valence-corrected chi connectivity index (χ4v) is 4.02. The van der Waals surface area contributed by atoms with Gasteiger partial charge < -0.3 is 15.4 Å². The molecule has 2 unspecified atom stereocenters. The van der Waals surface area contributed by atoms with Gasteiger partial charge in [0.25, 0.3) is 0 Å². The van der Waals surface area contributed by atoms with Gasteiger partial charge in [0.15, 0.2) is 0 Å². The molecule has 1 saturated heterocycles. The van der Waals surface area contributed by atoms with E-state index in [0.29, 0.717) is 12.5 Å². The van der Waals surface area contributed by atoms with Crippen LogP contribution in [0, 0.1) is 0 Å². The van der Waals surface area contributed by atoms with Gasteiger partial charge in [0.05, 0.1) is 13.2 Å². The van der Waals surface area contributed by atoms with E-state index in [-0.39, 0.29) is 18.0 Å². The van der Waals surface area contributed by atoms with Gasteiger partial charge in [-0.1, -0.05) is 37.5 Å². The summed E-state index contributed by atoms with van der Waals surface area (Å²) in [6.07, 6.45) is 7.23. The molecule has 1 amide bonds. The van der Waals surface area contributed by atoms with Crippen LogP contribution in [0.4, 0.5) is 0 Å². The molecule has 1 aromatic carbocycles. The molecule has 0 spiro atoms. The lowest BCUT2D eigenvalue weighted by atomic mass is 9.85. The number of hydrogen-bond donors (Lipinski definition) is 1. The first-order valence-corrected chi connectivity index (χ1v) is 8.42. The van der Waals surface area contributed by atoms with Gasteiger partial charge in [0, 0.05) is 24.1 Å². The van der Waals surface area contributed by atoms with Crippen LogP contribution in [0.2, 0.25) is 0 Å². The summed E-state index contributed by atoms with van der Waals surface area (Å²) in [6.45, 7) is 0. The predicted molar refractivity (Wildman–Crippen MR) is 86.7 cm³/mol. The number of carbonyl (C=O) groups is 1. The van der Waals surface area contributed by atoms with Crippen molar-refractivity contribution in [3.8, 4) is 5.75 Å². The quantitative estimate of drug-likeness (QED) is 0.933. The Morgan fingerprint density at radius 3 is 2.59 bits per heavy atom. The van der Waals surface area contributed by atoms with Crippen molar-refractivity contribution in [2.24, 2.45) is 5.73 Å². The molecule has 120 valence electrons. The monoisotopic (exact) mass is 302 g/mol. The van der Waals surface area contributed by atoms with Crippen molar-refractivity contribution in [2.45, 2.75) is 63.1 Å². The lowest BCUT2D eigenvalue weighted by Crippen LogP contribution is -2.53. The number of nitrogens with zero attached hydrogens (tertiary/aromatic N) is 1. The van der Waals surface area contributed by atoms with Gasteiger partial charge in [0.1, 0.15) is 5.75 Å². The molecule has 0 bridgehead atoms. The van der Waals surface area contributed by atoms with Crippen LogP contribution in [0.25, 0.3) is 0 Å². The molecule has 2 fully saturated rings. The maximum atomic E-state index is 12.7. The smallest absolute Gasteiger partial charge is 0.223 e. The Kier molecular flexibility index (Phi) is 4.67. The number of benzene rings is 1. The third-order valence-corrected chi connectivity index (χ3v) is 5.11. The van der Waals surface area contributed by atoms with Crippen molar-refractivity contribution in [1.82, 2.24) is 4.90 Å². The van der Waals surface area contributed by atoms with Crippen molar-refractivity contribution in [3.63, 3.8) is 0 Å². The van der Waals surface area contributed by atoms with E-state index in [1.807, 2.05) is 18.2 Å². The Hall–Kier alpha value is -1.55. The molecular formula is C18H26N2O2. The molecule has 2 aliphatic rings. The standard InChI is InChI=1S/C18H26N2O2/c1-22-16-10-6-5-9-14(16)18-15(19)11-12-17(21)20(18)13-7-3-2-4-8-13/h5-6,9-10,13,15,18H,2-4,7-8,11-12,19H2,1H3. The molecule has 0 radical (unpaired) electrons. The molecular weight excluding hydrogens is 276 g/mol. The highest BCUT2D eigenvalue weighted by atomic mass is 16.5. The van der Waals surface area contributed by atoms with Gasteiger partial charge in [-0.25, -0.2) is 0 Å². The molecule has 1 saturated carbocycles. The number of hydrogen-bond acceptors (Lipinski definition) is 3. The highest BCUT2D eigenvalue weighted by Gasteiger charge is 2.40. The van der Waals surface area contributed by atoms with Crippen molar-refractivity contribution in [3.05, 3.63) is 29.8 Å². The van der Waals surface area contributed by atoms with E-state index in [0.717, 1.165) is 30.6 Å². The van der Waals surface area contributed by atoms with E-state index in [4.69, 9.17) is 10.5 Å². The van der Waals surface area contributed by atoms with Crippen LogP contribution in [0.3, 0.4) is 0 Å². The van der Waals surface area contributed by atoms with Gasteiger partial charge in [-0.05, 0) is 25.3 Å². The third kappa shape index (κ3) is 2.84. The van der Waals surface area contributed by atoms with E-state index in [1.54, 1.807) is 7.11 Å². The lowest BCUT2D eigenvalue weighted by molar-refractivity contribution is -0.141. The molecule has 1 aromatic rings. The second-order valence-electron chi connectivity index (χ2n) is 6.48. The SMILES string of the molecule is COc1ccccc1C1C(N)CCC(=O)N1C1CCCCC1. The number of rotatable bonds is 3. The first-order chi connectivity index (χ1) is 10.7. The van der Waals surface area contributed by atoms with E-state index >= 15 is 0 Å². The molecule has 1 aliphatic carbocycles. The van der Waals surface area contributed by atoms with Crippen molar-refractivity contribution >= 4 is 5.91 Å². The summed E-state index contributed by atoms with van der Waals surface area (Å²) in [4.78, 5) is 14.7. The number of ether oxygens (including phenoxy) is 1. The van der Waals surface area contributed by atoms with Crippen LogP contribution in [-0.2, 0) is 4.79 Å². The third-order valence-electron chi connectivity index (χ3n) is 5.11. The van der Waals surface area contributed by atoms with Gasteiger partial charge in [-0.15, -0.1) is 0 Å². The average molecular weight is 302 g/mol. The zero-order valence-corrected chi connectivity index (χ0v) is 13.3. The summed E-state index contributed by atoms with van der Waals surface area (Å²) >= 11 is 0. The van der Waals surface area contributed by atoms with E-state index in [9.17, 15) is 4.79 Å². The second-order valence-corrected chi connectivity index (χ2v) is 6.48. The number of carbonyl (C=O) groups excluding carboxylic acids is 1. The molecule has 4 heteroatoms. The Morgan fingerprint density at radius 1 is 1.14 bits per heavy atom. The van der Waals surface area contributed by atoms with Gasteiger partial charge in [-0.3, -0.25) is 4.79 Å². The van der Waals surface area contributed by atoms with Crippen LogP contribution in [0.5, 0.6) is 5.75 Å². The summed E-state index contributed by atoms with van der Waals surface area (Å²) in [5.74, 6) is 1.09. The molecule has 0 aromatic heterocycles. The lowest BCUT2D eigenvalue weighted by Gasteiger charge is -2.46. The van der Waals surface area contributed by atoms with Crippen LogP contribution in [0.1, 0.15) is 56.6 Å². The second kappa shape index (κ2) is 6.69. The Labute approximate surface area is 132 Å². The minimum atomic E-state index is -0.0551. The number of nitrogens with two attached hydrogens (primary N) is 1. The van der Waals surface area contributed by atoms with Gasteiger partial charge in [0.2, 0.25) is 5.91 Å². The summed E-state index contributed by atoms with van der Waals surface area (Å²) in [5, 5.41) is 0. The largest absolute Gasteiger partial charge is 0.496 e. The van der Waals surface area contributed by atoms with Crippen LogP contribution in [-0.4, -0.2) is 30.0 Å². The molecule has 1 heterocycles. The predicted octanol–water partition coefficient (Wildman–Crippen LogP) is 3.02. The normalized spacial score (nSPS) is 27.0. The highest BCUT2D eigenvalue weighted by Crippen LogP contribution is 2.39. The molecule has 4 nitrogen and oxygen atoms in total. The molecule has 1 aliphatic heterocycles. The Bertz CT molecular complexity index is 526. The number of likely N-dealkylation sites (tertiary alicyclic amines) is 1. The van der Waals surface area contributed by atoms with Crippen molar-refractivity contribution in [1.29, 1.82) is 0 Å². The molecule has 22 heavy (non-hydrogen) atoms. The zero-order chi connectivity index (χ0) is 15.5. The summed E-state index contributed by atoms with van der Waals surface area (Å²) < 4.78 is 5.52. The minimum absolute atomic E-state index is 0.0177.